The summed E-state index contributed by atoms with van der Waals surface area (Å²) in [6, 6.07) is 0.385. The summed E-state index contributed by atoms with van der Waals surface area (Å²) in [4.78, 5) is 32.2. The summed E-state index contributed by atoms with van der Waals surface area (Å²) in [7, 11) is 5.81. The highest BCUT2D eigenvalue weighted by atomic mass is 16.2. The first-order valence-electron chi connectivity index (χ1n) is 6.93. The molecule has 0 unspecified atom stereocenters. The van der Waals surface area contributed by atoms with Gasteiger partial charge in [-0.15, -0.1) is 0 Å². The van der Waals surface area contributed by atoms with Crippen molar-refractivity contribution in [1.29, 1.82) is 0 Å². The van der Waals surface area contributed by atoms with Crippen molar-refractivity contribution in [1.82, 2.24) is 19.4 Å². The second-order valence-electron chi connectivity index (χ2n) is 5.56. The highest BCUT2D eigenvalue weighted by Crippen LogP contribution is 2.15. The number of hydrogen-bond acceptors (Lipinski definition) is 4. The second kappa shape index (κ2) is 6.17. The fourth-order valence-electron chi connectivity index (χ4n) is 2.57. The molecule has 20 heavy (non-hydrogen) atoms. The van der Waals surface area contributed by atoms with Crippen molar-refractivity contribution in [2.24, 2.45) is 7.05 Å². The van der Waals surface area contributed by atoms with E-state index < -0.39 is 0 Å². The molecule has 0 saturated carbocycles. The Bertz CT molecular complexity index is 495. The smallest absolute Gasteiger partial charge is 0.230 e. The van der Waals surface area contributed by atoms with Gasteiger partial charge < -0.3 is 14.4 Å². The number of likely N-dealkylation sites (tertiary alicyclic amines) is 1. The van der Waals surface area contributed by atoms with Gasteiger partial charge in [-0.25, -0.2) is 4.98 Å². The summed E-state index contributed by atoms with van der Waals surface area (Å²) in [5.74, 6) is 0.0403. The molecular formula is C14H22N4O2. The molecule has 1 saturated heterocycles. The van der Waals surface area contributed by atoms with Crippen LogP contribution in [0, 0.1) is 0 Å². The molecule has 110 valence electrons. The normalized spacial score (nSPS) is 19.4. The van der Waals surface area contributed by atoms with E-state index in [1.54, 1.807) is 28.9 Å². The molecule has 1 atom stereocenters. The van der Waals surface area contributed by atoms with Gasteiger partial charge in [0.2, 0.25) is 11.7 Å². The summed E-state index contributed by atoms with van der Waals surface area (Å²) in [6.45, 7) is 1.46. The number of carbonyl (C=O) groups is 2. The predicted molar refractivity (Wildman–Crippen MR) is 75.4 cm³/mol. The zero-order chi connectivity index (χ0) is 14.7. The van der Waals surface area contributed by atoms with Gasteiger partial charge in [-0.3, -0.25) is 9.59 Å². The van der Waals surface area contributed by atoms with E-state index in [2.05, 4.69) is 9.88 Å². The molecule has 6 nitrogen and oxygen atoms in total. The van der Waals surface area contributed by atoms with Crippen LogP contribution in [-0.4, -0.2) is 64.3 Å². The van der Waals surface area contributed by atoms with Gasteiger partial charge in [-0.1, -0.05) is 0 Å². The Balaban J connectivity index is 1.95. The molecule has 0 bridgehead atoms. The molecular weight excluding hydrogens is 256 g/mol. The van der Waals surface area contributed by atoms with Crippen LogP contribution < -0.4 is 0 Å². The third kappa shape index (κ3) is 3.25. The topological polar surface area (TPSA) is 58.4 Å². The van der Waals surface area contributed by atoms with Gasteiger partial charge in [-0.05, 0) is 26.9 Å². The van der Waals surface area contributed by atoms with Gasteiger partial charge in [0, 0.05) is 38.6 Å². The van der Waals surface area contributed by atoms with Crippen molar-refractivity contribution in [3.63, 3.8) is 0 Å². The van der Waals surface area contributed by atoms with Gasteiger partial charge in [0.05, 0.1) is 6.42 Å². The molecule has 1 aromatic heterocycles. The first-order valence-corrected chi connectivity index (χ1v) is 6.93. The van der Waals surface area contributed by atoms with Crippen molar-refractivity contribution in [3.8, 4) is 0 Å². The van der Waals surface area contributed by atoms with Crippen molar-refractivity contribution in [2.45, 2.75) is 25.3 Å². The minimum Gasteiger partial charge on any atom is -0.341 e. The Kier molecular flexibility index (Phi) is 4.54. The number of imidazole rings is 1. The standard InChI is InChI=1S/C14H22N4O2/c1-16(2)11-5-4-7-18(10-11)13(20)9-12(19)14-15-6-8-17(14)3/h6,8,11H,4-5,7,9-10H2,1-3H3/t11-/m1/s1. The lowest BCUT2D eigenvalue weighted by atomic mass is 10.0. The molecule has 0 spiro atoms. The van der Waals surface area contributed by atoms with Crippen molar-refractivity contribution in [3.05, 3.63) is 18.2 Å². The summed E-state index contributed by atoms with van der Waals surface area (Å²) in [5, 5.41) is 0. The van der Waals surface area contributed by atoms with Crippen LogP contribution in [0.3, 0.4) is 0 Å². The van der Waals surface area contributed by atoms with E-state index in [1.807, 2.05) is 14.1 Å². The van der Waals surface area contributed by atoms with E-state index in [0.717, 1.165) is 19.4 Å². The Morgan fingerprint density at radius 3 is 2.80 bits per heavy atom. The highest BCUT2D eigenvalue weighted by Gasteiger charge is 2.26. The largest absolute Gasteiger partial charge is 0.341 e. The summed E-state index contributed by atoms with van der Waals surface area (Å²) < 4.78 is 1.65. The van der Waals surface area contributed by atoms with Gasteiger partial charge >= 0.3 is 0 Å². The average molecular weight is 278 g/mol. The maximum atomic E-state index is 12.2. The number of ketones is 1. The van der Waals surface area contributed by atoms with Crippen molar-refractivity contribution in [2.75, 3.05) is 27.2 Å². The Morgan fingerprint density at radius 2 is 2.20 bits per heavy atom. The van der Waals surface area contributed by atoms with Crippen LogP contribution in [-0.2, 0) is 11.8 Å². The molecule has 0 aromatic carbocycles. The molecule has 0 N–H and O–H groups in total. The quantitative estimate of drug-likeness (QED) is 0.596. The van der Waals surface area contributed by atoms with E-state index in [0.29, 0.717) is 18.4 Å². The molecule has 1 amide bonds. The number of nitrogens with zero attached hydrogens (tertiary/aromatic N) is 4. The van der Waals surface area contributed by atoms with Crippen LogP contribution in [0.1, 0.15) is 29.9 Å². The van der Waals surface area contributed by atoms with Crippen LogP contribution in [0.15, 0.2) is 12.4 Å². The third-order valence-electron chi connectivity index (χ3n) is 3.86. The first kappa shape index (κ1) is 14.7. The molecule has 6 heteroatoms. The Morgan fingerprint density at radius 1 is 1.45 bits per heavy atom. The number of aryl methyl sites for hydroxylation is 1. The zero-order valence-corrected chi connectivity index (χ0v) is 12.4. The maximum absolute atomic E-state index is 12.2. The minimum absolute atomic E-state index is 0.0923. The molecule has 1 aliphatic heterocycles. The molecule has 1 fully saturated rings. The molecule has 2 heterocycles. The highest BCUT2D eigenvalue weighted by molar-refractivity contribution is 6.05. The Labute approximate surface area is 119 Å². The lowest BCUT2D eigenvalue weighted by molar-refractivity contribution is -0.132. The summed E-state index contributed by atoms with van der Waals surface area (Å²) in [5.41, 5.74) is 0. The predicted octanol–water partition coefficient (Wildman–Crippen LogP) is 0.545. The van der Waals surface area contributed by atoms with Crippen molar-refractivity contribution < 1.29 is 9.59 Å². The number of likely N-dealkylation sites (N-methyl/N-ethyl adjacent to an activating group) is 1. The lowest BCUT2D eigenvalue weighted by Gasteiger charge is -2.36. The first-order chi connectivity index (χ1) is 9.49. The number of amides is 1. The number of carbonyl (C=O) groups excluding carboxylic acids is 2. The number of hydrogen-bond donors (Lipinski definition) is 0. The maximum Gasteiger partial charge on any atom is 0.230 e. The van der Waals surface area contributed by atoms with Crippen molar-refractivity contribution >= 4 is 11.7 Å². The number of aromatic nitrogens is 2. The van der Waals surface area contributed by atoms with Crippen LogP contribution in [0.2, 0.25) is 0 Å². The molecule has 2 rings (SSSR count). The number of piperidine rings is 1. The van der Waals surface area contributed by atoms with Crippen LogP contribution in [0.4, 0.5) is 0 Å². The molecule has 1 aliphatic rings. The SMILES string of the molecule is CN(C)[C@@H]1CCCN(C(=O)CC(=O)c2nccn2C)C1. The molecule has 0 radical (unpaired) electrons. The van der Waals surface area contributed by atoms with E-state index in [9.17, 15) is 9.59 Å². The molecule has 1 aromatic rings. The van der Waals surface area contributed by atoms with Crippen LogP contribution in [0.5, 0.6) is 0 Å². The summed E-state index contributed by atoms with van der Waals surface area (Å²) >= 11 is 0. The Hall–Kier alpha value is -1.69. The lowest BCUT2D eigenvalue weighted by Crippen LogP contribution is -2.47. The van der Waals surface area contributed by atoms with E-state index in [1.165, 1.54) is 0 Å². The van der Waals surface area contributed by atoms with Gasteiger partial charge in [-0.2, -0.15) is 0 Å². The minimum atomic E-state index is -0.213. The van der Waals surface area contributed by atoms with E-state index >= 15 is 0 Å². The zero-order valence-electron chi connectivity index (χ0n) is 12.4. The number of Topliss-reactive ketones (excluding diaryl/α,β-unsaturated/α-hetero) is 1. The fraction of sp³-hybridized carbons (Fsp3) is 0.643. The van der Waals surface area contributed by atoms with E-state index in [4.69, 9.17) is 0 Å². The van der Waals surface area contributed by atoms with Crippen LogP contribution in [0.25, 0.3) is 0 Å². The third-order valence-corrected chi connectivity index (χ3v) is 3.86. The average Bonchev–Trinajstić information content (AvgIpc) is 2.85. The van der Waals surface area contributed by atoms with Gasteiger partial charge in [0.15, 0.2) is 5.82 Å². The van der Waals surface area contributed by atoms with Crippen LogP contribution >= 0.6 is 0 Å². The van der Waals surface area contributed by atoms with E-state index in [-0.39, 0.29) is 18.1 Å². The monoisotopic (exact) mass is 278 g/mol. The fourth-order valence-corrected chi connectivity index (χ4v) is 2.57. The number of rotatable bonds is 4. The second-order valence-corrected chi connectivity index (χ2v) is 5.56. The van der Waals surface area contributed by atoms with Gasteiger partial charge in [0.25, 0.3) is 0 Å². The van der Waals surface area contributed by atoms with Gasteiger partial charge in [0.1, 0.15) is 0 Å². The summed E-state index contributed by atoms with van der Waals surface area (Å²) in [6.07, 6.45) is 5.28. The molecule has 0 aliphatic carbocycles.